The summed E-state index contributed by atoms with van der Waals surface area (Å²) in [4.78, 5) is 61.7. The van der Waals surface area contributed by atoms with Crippen LogP contribution in [0.1, 0.15) is 128 Å². The van der Waals surface area contributed by atoms with Gasteiger partial charge in [-0.2, -0.15) is 0 Å². The van der Waals surface area contributed by atoms with E-state index in [1.54, 1.807) is 24.3 Å². The molecule has 2 aliphatic carbocycles. The first-order valence-corrected chi connectivity index (χ1v) is 22.6. The molecule has 316 valence electrons. The summed E-state index contributed by atoms with van der Waals surface area (Å²) in [5.41, 5.74) is 5.32. The Morgan fingerprint density at radius 1 is 0.800 bits per heavy atom. The average Bonchev–Trinajstić information content (AvgIpc) is 4.04. The highest BCUT2D eigenvalue weighted by Crippen LogP contribution is 2.57. The van der Waals surface area contributed by atoms with Gasteiger partial charge in [0.1, 0.15) is 5.54 Å². The Kier molecular flexibility index (Phi) is 11.6. The molecule has 0 bridgehead atoms. The molecule has 11 nitrogen and oxygen atoms in total. The van der Waals surface area contributed by atoms with Gasteiger partial charge in [-0.15, -0.1) is 0 Å². The lowest BCUT2D eigenvalue weighted by Crippen LogP contribution is -2.60. The van der Waals surface area contributed by atoms with E-state index in [2.05, 4.69) is 50.3 Å². The first-order chi connectivity index (χ1) is 29.2. The number of aliphatic carboxylic acids is 1. The standard InChI is InChI=1S/C49H60N6O5/c50-55(39-18-14-33(15-19-39)16-21-43(56)57)48(60)49(24-6-7-25-49)51-46(58)36-17-20-41-42(31-36)54-32-37(47(59)53-28-22-38(23-29-53)52-26-8-9-27-52)30-35-12-4-5-13-40(35)45(54)44(41)34-10-2-1-3-11-34/h4-5,12-21,31,34,37-38,44-45H,1-3,6-11,22-30,32,50H2,(H,51,58)(H,56,57)/b21-16+. The number of nitrogens with two attached hydrogens (primary N) is 1. The number of likely N-dealkylation sites (tertiary alicyclic amines) is 2. The predicted molar refractivity (Wildman–Crippen MR) is 233 cm³/mol. The third-order valence-corrected chi connectivity index (χ3v) is 14.9. The average molecular weight is 813 g/mol. The normalized spacial score (nSPS) is 24.4. The Labute approximate surface area is 353 Å². The highest BCUT2D eigenvalue weighted by Gasteiger charge is 2.49. The second-order valence-electron chi connectivity index (χ2n) is 18.4. The maximum Gasteiger partial charge on any atom is 0.328 e. The van der Waals surface area contributed by atoms with Crippen LogP contribution in [-0.2, 0) is 20.8 Å². The van der Waals surface area contributed by atoms with Crippen molar-refractivity contribution in [1.29, 1.82) is 0 Å². The number of fused-ring (bicyclic) bond motifs is 5. The van der Waals surface area contributed by atoms with E-state index in [9.17, 15) is 19.2 Å². The van der Waals surface area contributed by atoms with Crippen molar-refractivity contribution in [3.05, 3.63) is 101 Å². The topological polar surface area (TPSA) is 140 Å². The number of hydrogen-bond acceptors (Lipinski definition) is 7. The molecule has 3 atom stereocenters. The van der Waals surface area contributed by atoms with Crippen LogP contribution in [0.5, 0.6) is 0 Å². The number of piperidine rings is 1. The molecule has 9 rings (SSSR count). The van der Waals surface area contributed by atoms with Crippen molar-refractivity contribution < 1.29 is 24.3 Å². The molecule has 11 heteroatoms. The Balaban J connectivity index is 1.00. The van der Waals surface area contributed by atoms with Crippen molar-refractivity contribution in [2.75, 3.05) is 42.6 Å². The van der Waals surface area contributed by atoms with E-state index in [1.165, 1.54) is 80.8 Å². The highest BCUT2D eigenvalue weighted by molar-refractivity contribution is 6.05. The van der Waals surface area contributed by atoms with Crippen molar-refractivity contribution in [2.45, 2.75) is 113 Å². The third-order valence-electron chi connectivity index (χ3n) is 14.9. The maximum absolute atomic E-state index is 14.7. The van der Waals surface area contributed by atoms with Crippen LogP contribution in [0.4, 0.5) is 11.4 Å². The number of carbonyl (C=O) groups is 4. The number of amides is 3. The van der Waals surface area contributed by atoms with Crippen molar-refractivity contribution in [3.63, 3.8) is 0 Å². The van der Waals surface area contributed by atoms with Crippen LogP contribution in [0, 0.1) is 11.8 Å². The van der Waals surface area contributed by atoms with Gasteiger partial charge in [0, 0.05) is 48.9 Å². The number of rotatable bonds is 9. The summed E-state index contributed by atoms with van der Waals surface area (Å²) in [6.45, 7) is 4.59. The van der Waals surface area contributed by atoms with Crippen molar-refractivity contribution >= 4 is 41.1 Å². The fourth-order valence-electron chi connectivity index (χ4n) is 11.8. The van der Waals surface area contributed by atoms with Gasteiger partial charge >= 0.3 is 5.97 Å². The molecule has 4 heterocycles. The first-order valence-electron chi connectivity index (χ1n) is 22.6. The Hall–Kier alpha value is -5.00. The molecule has 0 spiro atoms. The van der Waals surface area contributed by atoms with Crippen LogP contribution in [-0.4, -0.2) is 82.9 Å². The molecule has 4 N–H and O–H groups in total. The minimum atomic E-state index is -1.17. The molecular weight excluding hydrogens is 753 g/mol. The third kappa shape index (κ3) is 7.86. The van der Waals surface area contributed by atoms with Gasteiger partial charge in [-0.1, -0.05) is 74.6 Å². The van der Waals surface area contributed by atoms with Crippen molar-refractivity contribution in [1.82, 2.24) is 15.1 Å². The molecule has 60 heavy (non-hydrogen) atoms. The lowest BCUT2D eigenvalue weighted by molar-refractivity contribution is -0.137. The van der Waals surface area contributed by atoms with E-state index >= 15 is 0 Å². The summed E-state index contributed by atoms with van der Waals surface area (Å²) in [7, 11) is 0. The second kappa shape index (κ2) is 17.2. The number of nitrogens with one attached hydrogen (secondary N) is 1. The van der Waals surface area contributed by atoms with Gasteiger partial charge in [0.25, 0.3) is 11.8 Å². The molecule has 3 aromatic rings. The van der Waals surface area contributed by atoms with Gasteiger partial charge in [-0.25, -0.2) is 15.6 Å². The zero-order valence-electron chi connectivity index (χ0n) is 34.8. The zero-order valence-corrected chi connectivity index (χ0v) is 34.8. The predicted octanol–water partition coefficient (Wildman–Crippen LogP) is 7.22. The van der Waals surface area contributed by atoms with Crippen LogP contribution in [0.15, 0.2) is 72.8 Å². The van der Waals surface area contributed by atoms with Gasteiger partial charge < -0.3 is 25.1 Å². The number of hydrazine groups is 1. The molecule has 3 amide bonds. The molecular formula is C49H60N6O5. The summed E-state index contributed by atoms with van der Waals surface area (Å²) in [5.74, 6) is 5.56. The minimum absolute atomic E-state index is 0.0795. The second-order valence-corrected chi connectivity index (χ2v) is 18.4. The first kappa shape index (κ1) is 40.4. The molecule has 2 saturated heterocycles. The van der Waals surface area contributed by atoms with Gasteiger partial charge in [0.05, 0.1) is 17.6 Å². The van der Waals surface area contributed by atoms with Crippen LogP contribution in [0.2, 0.25) is 0 Å². The van der Waals surface area contributed by atoms with E-state index in [-0.39, 0.29) is 35.6 Å². The van der Waals surface area contributed by atoms with Crippen LogP contribution in [0.25, 0.3) is 6.08 Å². The van der Waals surface area contributed by atoms with E-state index in [0.717, 1.165) is 55.5 Å². The molecule has 0 aromatic heterocycles. The largest absolute Gasteiger partial charge is 0.478 e. The van der Waals surface area contributed by atoms with E-state index in [1.807, 2.05) is 12.1 Å². The van der Waals surface area contributed by atoms with Crippen molar-refractivity contribution in [2.24, 2.45) is 17.7 Å². The Bertz CT molecular complexity index is 2110. The summed E-state index contributed by atoms with van der Waals surface area (Å²) in [6, 6.07) is 22.3. The maximum atomic E-state index is 14.7. The number of carboxylic acids is 1. The minimum Gasteiger partial charge on any atom is -0.478 e. The smallest absolute Gasteiger partial charge is 0.328 e. The Morgan fingerprint density at radius 2 is 1.52 bits per heavy atom. The lowest BCUT2D eigenvalue weighted by atomic mass is 9.72. The number of benzene rings is 3. The molecule has 6 aliphatic rings. The summed E-state index contributed by atoms with van der Waals surface area (Å²) >= 11 is 0. The number of nitrogens with zero attached hydrogens (tertiary/aromatic N) is 4. The molecule has 3 unspecified atom stereocenters. The van der Waals surface area contributed by atoms with Gasteiger partial charge in [0.2, 0.25) is 5.91 Å². The van der Waals surface area contributed by atoms with E-state index < -0.39 is 11.5 Å². The summed E-state index contributed by atoms with van der Waals surface area (Å²) < 4.78 is 0. The van der Waals surface area contributed by atoms with Crippen LogP contribution in [0.3, 0.4) is 0 Å². The van der Waals surface area contributed by atoms with Gasteiger partial charge in [-0.3, -0.25) is 14.4 Å². The zero-order chi connectivity index (χ0) is 41.4. The van der Waals surface area contributed by atoms with E-state index in [0.29, 0.717) is 54.6 Å². The monoisotopic (exact) mass is 812 g/mol. The van der Waals surface area contributed by atoms with Gasteiger partial charge in [0.15, 0.2) is 0 Å². The summed E-state index contributed by atoms with van der Waals surface area (Å²) in [6.07, 6.45) is 16.5. The van der Waals surface area contributed by atoms with Gasteiger partial charge in [-0.05, 0) is 129 Å². The van der Waals surface area contributed by atoms with Crippen LogP contribution >= 0.6 is 0 Å². The number of carbonyl (C=O) groups excluding carboxylic acids is 3. The fraction of sp³-hybridized carbons (Fsp3) is 0.510. The van der Waals surface area contributed by atoms with Crippen molar-refractivity contribution in [3.8, 4) is 0 Å². The molecule has 0 radical (unpaired) electrons. The Morgan fingerprint density at radius 3 is 2.23 bits per heavy atom. The van der Waals surface area contributed by atoms with Crippen LogP contribution < -0.4 is 21.1 Å². The molecule has 4 fully saturated rings. The number of carboxylic acid groups (broad SMARTS) is 1. The lowest BCUT2D eigenvalue weighted by Gasteiger charge is -2.39. The molecule has 3 aromatic carbocycles. The van der Waals surface area contributed by atoms with E-state index in [4.69, 9.17) is 10.9 Å². The molecule has 2 saturated carbocycles. The highest BCUT2D eigenvalue weighted by atomic mass is 16.4. The quantitative estimate of drug-likeness (QED) is 0.0892. The summed E-state index contributed by atoms with van der Waals surface area (Å²) in [5, 5.41) is 13.3. The fourth-order valence-corrected chi connectivity index (χ4v) is 11.8. The SMILES string of the molecule is NN(C(=O)C1(NC(=O)c2ccc3c(c2)N2CC(C(=O)N4CCC(N5CCCC5)CC4)Cc4ccccc4C2C3C2CCCCC2)CCCC1)c1ccc(/C=C/C(=O)O)cc1. The number of hydrogen-bond donors (Lipinski definition) is 3. The number of anilines is 2. The molecule has 4 aliphatic heterocycles.